The van der Waals surface area contributed by atoms with Gasteiger partial charge in [0.15, 0.2) is 6.61 Å². The summed E-state index contributed by atoms with van der Waals surface area (Å²) in [7, 11) is 0. The molecule has 0 bridgehead atoms. The summed E-state index contributed by atoms with van der Waals surface area (Å²) in [5.74, 6) is 0.203. The molecule has 4 nitrogen and oxygen atoms in total. The molecule has 1 N–H and O–H groups in total. The van der Waals surface area contributed by atoms with Crippen molar-refractivity contribution in [3.63, 3.8) is 0 Å². The van der Waals surface area contributed by atoms with Crippen molar-refractivity contribution in [2.24, 2.45) is 0 Å². The van der Waals surface area contributed by atoms with Crippen LogP contribution in [0.15, 0.2) is 24.3 Å². The first-order valence-corrected chi connectivity index (χ1v) is 7.12. The average molecular weight is 319 g/mol. The minimum Gasteiger partial charge on any atom is -0.484 e. The van der Waals surface area contributed by atoms with Crippen LogP contribution in [0.4, 0.5) is 13.2 Å². The largest absolute Gasteiger partial charge is 0.484 e. The Morgan fingerprint density at radius 3 is 2.86 bits per heavy atom. The van der Waals surface area contributed by atoms with Crippen molar-refractivity contribution in [2.45, 2.75) is 31.8 Å². The molecule has 1 saturated heterocycles. The summed E-state index contributed by atoms with van der Waals surface area (Å²) in [4.78, 5) is 2.13. The third kappa shape index (κ3) is 5.15. The third-order valence-electron chi connectivity index (χ3n) is 3.52. The van der Waals surface area contributed by atoms with Crippen LogP contribution < -0.4 is 4.74 Å². The lowest BCUT2D eigenvalue weighted by Gasteiger charge is -2.37. The maximum atomic E-state index is 12.2. The Balaban J connectivity index is 1.97. The van der Waals surface area contributed by atoms with Gasteiger partial charge in [-0.1, -0.05) is 12.1 Å². The number of alkyl halides is 3. The Labute approximate surface area is 127 Å². The average Bonchev–Trinajstić information content (AvgIpc) is 2.47. The molecule has 1 aliphatic rings. The summed E-state index contributed by atoms with van der Waals surface area (Å²) >= 11 is 0. The number of nitrogens with zero attached hydrogens (tertiary/aromatic N) is 1. The van der Waals surface area contributed by atoms with E-state index in [1.807, 2.05) is 13.0 Å². The molecule has 124 valence electrons. The topological polar surface area (TPSA) is 41.9 Å². The molecule has 7 heteroatoms. The Morgan fingerprint density at radius 1 is 1.41 bits per heavy atom. The summed E-state index contributed by atoms with van der Waals surface area (Å²) in [5.41, 5.74) is 0.866. The van der Waals surface area contributed by atoms with Gasteiger partial charge in [-0.3, -0.25) is 4.90 Å². The van der Waals surface area contributed by atoms with Gasteiger partial charge in [0.25, 0.3) is 0 Å². The second-order valence-electron chi connectivity index (χ2n) is 5.47. The lowest BCUT2D eigenvalue weighted by atomic mass is 10.1. The van der Waals surface area contributed by atoms with Gasteiger partial charge in [-0.15, -0.1) is 0 Å². The van der Waals surface area contributed by atoms with E-state index in [2.05, 4.69) is 4.90 Å². The van der Waals surface area contributed by atoms with Crippen LogP contribution in [-0.4, -0.2) is 54.7 Å². The van der Waals surface area contributed by atoms with E-state index in [4.69, 9.17) is 9.47 Å². The van der Waals surface area contributed by atoms with Crippen molar-refractivity contribution in [1.82, 2.24) is 4.90 Å². The molecule has 0 aromatic heterocycles. The monoisotopic (exact) mass is 319 g/mol. The summed E-state index contributed by atoms with van der Waals surface area (Å²) in [6.45, 7) is 2.36. The van der Waals surface area contributed by atoms with E-state index in [0.717, 1.165) is 5.56 Å². The molecule has 0 radical (unpaired) electrons. The predicted octanol–water partition coefficient (Wildman–Crippen LogP) is 2.21. The number of rotatable bonds is 5. The molecule has 0 amide bonds. The van der Waals surface area contributed by atoms with Gasteiger partial charge in [-0.2, -0.15) is 13.2 Å². The smallest absolute Gasteiger partial charge is 0.422 e. The lowest BCUT2D eigenvalue weighted by molar-refractivity contribution is -0.153. The molecule has 1 heterocycles. The number of aliphatic hydroxyl groups excluding tert-OH is 1. The van der Waals surface area contributed by atoms with E-state index in [-0.39, 0.29) is 24.5 Å². The van der Waals surface area contributed by atoms with E-state index in [1.165, 1.54) is 6.07 Å². The van der Waals surface area contributed by atoms with Crippen molar-refractivity contribution in [3.8, 4) is 5.75 Å². The van der Waals surface area contributed by atoms with Gasteiger partial charge in [0.2, 0.25) is 0 Å². The Bertz CT molecular complexity index is 481. The maximum Gasteiger partial charge on any atom is 0.422 e. The molecular weight excluding hydrogens is 299 g/mol. The van der Waals surface area contributed by atoms with Crippen LogP contribution in [0.25, 0.3) is 0 Å². The highest BCUT2D eigenvalue weighted by Gasteiger charge is 2.28. The highest BCUT2D eigenvalue weighted by Crippen LogP contribution is 2.21. The summed E-state index contributed by atoms with van der Waals surface area (Å²) in [5, 5.41) is 9.17. The van der Waals surface area contributed by atoms with E-state index >= 15 is 0 Å². The first-order chi connectivity index (χ1) is 10.4. The molecule has 0 saturated carbocycles. The molecule has 0 spiro atoms. The summed E-state index contributed by atoms with van der Waals surface area (Å²) < 4.78 is 46.8. The number of halogens is 3. The molecule has 1 aromatic rings. The van der Waals surface area contributed by atoms with E-state index in [9.17, 15) is 18.3 Å². The molecule has 2 atom stereocenters. The van der Waals surface area contributed by atoms with Crippen molar-refractivity contribution in [1.29, 1.82) is 0 Å². The molecule has 1 aromatic carbocycles. The highest BCUT2D eigenvalue weighted by molar-refractivity contribution is 5.28. The molecule has 0 aliphatic carbocycles. The number of hydrogen-bond acceptors (Lipinski definition) is 4. The minimum absolute atomic E-state index is 0.0437. The molecule has 2 unspecified atom stereocenters. The molecular formula is C15H20F3NO3. The second-order valence-corrected chi connectivity index (χ2v) is 5.47. The number of morpholine rings is 1. The van der Waals surface area contributed by atoms with Gasteiger partial charge >= 0.3 is 6.18 Å². The van der Waals surface area contributed by atoms with Gasteiger partial charge in [0.05, 0.1) is 19.3 Å². The van der Waals surface area contributed by atoms with Crippen molar-refractivity contribution >= 4 is 0 Å². The van der Waals surface area contributed by atoms with Crippen LogP contribution in [0.2, 0.25) is 0 Å². The number of benzene rings is 1. The van der Waals surface area contributed by atoms with Gasteiger partial charge in [0, 0.05) is 19.1 Å². The Hall–Kier alpha value is -1.31. The first kappa shape index (κ1) is 17.1. The fourth-order valence-electron chi connectivity index (χ4n) is 2.34. The predicted molar refractivity (Wildman–Crippen MR) is 74.7 cm³/mol. The first-order valence-electron chi connectivity index (χ1n) is 7.12. The molecule has 1 aliphatic heterocycles. The van der Waals surface area contributed by atoms with Crippen molar-refractivity contribution in [2.75, 3.05) is 26.4 Å². The van der Waals surface area contributed by atoms with Crippen LogP contribution in [0, 0.1) is 0 Å². The third-order valence-corrected chi connectivity index (χ3v) is 3.52. The highest BCUT2D eigenvalue weighted by atomic mass is 19.4. The van der Waals surface area contributed by atoms with Crippen LogP contribution in [0.1, 0.15) is 12.5 Å². The SMILES string of the molecule is CC1COC(CO)CN1Cc1cccc(OCC(F)(F)F)c1. The van der Waals surface area contributed by atoms with E-state index in [1.54, 1.807) is 12.1 Å². The van der Waals surface area contributed by atoms with Crippen LogP contribution in [0.3, 0.4) is 0 Å². The van der Waals surface area contributed by atoms with Gasteiger partial charge < -0.3 is 14.6 Å². The zero-order valence-corrected chi connectivity index (χ0v) is 12.3. The standard InChI is InChI=1S/C15H20F3NO3/c1-11-9-21-14(8-20)7-19(11)6-12-3-2-4-13(5-12)22-10-15(16,17)18/h2-5,11,14,20H,6-10H2,1H3. The fraction of sp³-hybridized carbons (Fsp3) is 0.600. The second kappa shape index (κ2) is 7.30. The van der Waals surface area contributed by atoms with Gasteiger partial charge in [-0.25, -0.2) is 0 Å². The maximum absolute atomic E-state index is 12.2. The minimum atomic E-state index is -4.34. The van der Waals surface area contributed by atoms with Crippen LogP contribution >= 0.6 is 0 Å². The van der Waals surface area contributed by atoms with E-state index in [0.29, 0.717) is 19.7 Å². The van der Waals surface area contributed by atoms with Gasteiger partial charge in [-0.05, 0) is 24.6 Å². The fourth-order valence-corrected chi connectivity index (χ4v) is 2.34. The summed E-state index contributed by atoms with van der Waals surface area (Å²) in [6.07, 6.45) is -4.57. The lowest BCUT2D eigenvalue weighted by Crippen LogP contribution is -2.48. The number of ether oxygens (including phenoxy) is 2. The normalized spacial score (nSPS) is 23.5. The van der Waals surface area contributed by atoms with Crippen molar-refractivity contribution in [3.05, 3.63) is 29.8 Å². The zero-order valence-electron chi connectivity index (χ0n) is 12.3. The Kier molecular flexibility index (Phi) is 5.66. The number of aliphatic hydroxyl groups is 1. The number of hydrogen-bond donors (Lipinski definition) is 1. The Morgan fingerprint density at radius 2 is 2.18 bits per heavy atom. The molecule has 1 fully saturated rings. The quantitative estimate of drug-likeness (QED) is 0.903. The van der Waals surface area contributed by atoms with E-state index < -0.39 is 12.8 Å². The summed E-state index contributed by atoms with van der Waals surface area (Å²) in [6, 6.07) is 6.82. The molecule has 2 rings (SSSR count). The van der Waals surface area contributed by atoms with Gasteiger partial charge in [0.1, 0.15) is 5.75 Å². The van der Waals surface area contributed by atoms with Crippen LogP contribution in [0.5, 0.6) is 5.75 Å². The van der Waals surface area contributed by atoms with Crippen molar-refractivity contribution < 1.29 is 27.8 Å². The van der Waals surface area contributed by atoms with Crippen LogP contribution in [-0.2, 0) is 11.3 Å². The zero-order chi connectivity index (χ0) is 16.2. The molecule has 22 heavy (non-hydrogen) atoms.